The largest absolute Gasteiger partial charge is 0.497 e. The lowest BCUT2D eigenvalue weighted by Crippen LogP contribution is -2.19. The summed E-state index contributed by atoms with van der Waals surface area (Å²) in [5.41, 5.74) is 0.798. The second-order valence-corrected chi connectivity index (χ2v) is 6.73. The van der Waals surface area contributed by atoms with Gasteiger partial charge in [-0.1, -0.05) is 0 Å². The molecule has 29 heavy (non-hydrogen) atoms. The first-order valence-electron chi connectivity index (χ1n) is 8.29. The van der Waals surface area contributed by atoms with Gasteiger partial charge in [0.1, 0.15) is 11.5 Å². The van der Waals surface area contributed by atoms with E-state index in [1.54, 1.807) is 31.4 Å². The first kappa shape index (κ1) is 20.2. The minimum Gasteiger partial charge on any atom is -0.497 e. The quantitative estimate of drug-likeness (QED) is 0.436. The maximum atomic E-state index is 12.3. The molecule has 1 amide bonds. The molecular weight excluding hydrogens is 398 g/mol. The third-order valence-electron chi connectivity index (χ3n) is 3.97. The van der Waals surface area contributed by atoms with E-state index >= 15 is 0 Å². The van der Waals surface area contributed by atoms with Crippen LogP contribution in [0.5, 0.6) is 17.2 Å². The summed E-state index contributed by atoms with van der Waals surface area (Å²) in [4.78, 5) is 27.8. The summed E-state index contributed by atoms with van der Waals surface area (Å²) in [6.45, 7) is 0. The molecule has 0 spiro atoms. The van der Waals surface area contributed by atoms with Crippen LogP contribution >= 0.6 is 11.8 Å². The molecular formula is C19H17N3O6S. The molecule has 0 radical (unpaired) electrons. The molecule has 1 heterocycles. The number of thioether (sulfide) groups is 1. The van der Waals surface area contributed by atoms with Gasteiger partial charge >= 0.3 is 5.69 Å². The lowest BCUT2D eigenvalue weighted by Gasteiger charge is -2.08. The van der Waals surface area contributed by atoms with Gasteiger partial charge in [0.05, 0.1) is 36.8 Å². The minimum absolute atomic E-state index is 0.0688. The van der Waals surface area contributed by atoms with Crippen LogP contribution in [0.1, 0.15) is 5.56 Å². The minimum atomic E-state index is -0.557. The highest BCUT2D eigenvalue weighted by Gasteiger charge is 2.26. The van der Waals surface area contributed by atoms with Crippen molar-refractivity contribution in [3.05, 3.63) is 57.0 Å². The Hall–Kier alpha value is -3.53. The molecule has 1 saturated heterocycles. The van der Waals surface area contributed by atoms with Gasteiger partial charge in [-0.15, -0.1) is 0 Å². The number of hydrogen-bond donors (Lipinski definition) is 1. The molecule has 150 valence electrons. The zero-order valence-corrected chi connectivity index (χ0v) is 16.6. The van der Waals surface area contributed by atoms with Gasteiger partial charge in [-0.25, -0.2) is 4.99 Å². The summed E-state index contributed by atoms with van der Waals surface area (Å²) in [6, 6.07) is 9.76. The Bertz CT molecular complexity index is 1020. The third-order valence-corrected chi connectivity index (χ3v) is 4.88. The highest BCUT2D eigenvalue weighted by molar-refractivity contribution is 8.18. The second kappa shape index (κ2) is 8.65. The molecule has 1 aliphatic rings. The molecule has 0 aromatic heterocycles. The first-order chi connectivity index (χ1) is 13.9. The smallest absolute Gasteiger partial charge is 0.311 e. The Labute approximate surface area is 170 Å². The molecule has 9 nitrogen and oxygen atoms in total. The summed E-state index contributed by atoms with van der Waals surface area (Å²) in [6.07, 6.45) is 1.52. The summed E-state index contributed by atoms with van der Waals surface area (Å²) >= 11 is 1.12. The Kier molecular flexibility index (Phi) is 6.03. The topological polar surface area (TPSA) is 112 Å². The van der Waals surface area contributed by atoms with Crippen LogP contribution in [0.3, 0.4) is 0 Å². The monoisotopic (exact) mass is 415 g/mol. The summed E-state index contributed by atoms with van der Waals surface area (Å²) < 4.78 is 15.4. The average molecular weight is 415 g/mol. The molecule has 2 aromatic rings. The van der Waals surface area contributed by atoms with Crippen LogP contribution in [0.25, 0.3) is 6.08 Å². The van der Waals surface area contributed by atoms with Crippen LogP contribution in [-0.4, -0.2) is 37.3 Å². The Morgan fingerprint density at radius 1 is 1.07 bits per heavy atom. The van der Waals surface area contributed by atoms with E-state index in [0.29, 0.717) is 32.8 Å². The highest BCUT2D eigenvalue weighted by Crippen LogP contribution is 2.37. The van der Waals surface area contributed by atoms with Crippen LogP contribution in [0, 0.1) is 10.1 Å². The van der Waals surface area contributed by atoms with Gasteiger partial charge in [0.15, 0.2) is 5.17 Å². The fourth-order valence-electron chi connectivity index (χ4n) is 2.56. The standard InChI is InChI=1S/C19H17N3O6S/c1-26-13-6-4-12(5-7-13)20-19-21-18(23)17(29-19)9-11-8-14(22(24)25)16(28-3)10-15(11)27-2/h4-10H,1-3H3,(H,20,21,23)/b17-9+. The second-order valence-electron chi connectivity index (χ2n) is 5.70. The van der Waals surface area contributed by atoms with Crippen molar-refractivity contribution in [2.45, 2.75) is 0 Å². The van der Waals surface area contributed by atoms with Crippen LogP contribution < -0.4 is 19.5 Å². The van der Waals surface area contributed by atoms with E-state index in [4.69, 9.17) is 14.2 Å². The van der Waals surface area contributed by atoms with Crippen molar-refractivity contribution in [1.82, 2.24) is 5.32 Å². The van der Waals surface area contributed by atoms with Gasteiger partial charge in [-0.3, -0.25) is 14.9 Å². The lowest BCUT2D eigenvalue weighted by atomic mass is 10.1. The molecule has 0 saturated carbocycles. The van der Waals surface area contributed by atoms with E-state index in [-0.39, 0.29) is 17.3 Å². The van der Waals surface area contributed by atoms with Crippen molar-refractivity contribution in [2.75, 3.05) is 21.3 Å². The number of methoxy groups -OCH3 is 3. The average Bonchev–Trinajstić information content (AvgIpc) is 3.06. The number of rotatable bonds is 6. The summed E-state index contributed by atoms with van der Waals surface area (Å²) in [5.74, 6) is 0.752. The first-order valence-corrected chi connectivity index (χ1v) is 9.11. The van der Waals surface area contributed by atoms with E-state index in [9.17, 15) is 14.9 Å². The van der Waals surface area contributed by atoms with Gasteiger partial charge in [0.2, 0.25) is 5.75 Å². The van der Waals surface area contributed by atoms with Crippen LogP contribution in [-0.2, 0) is 4.79 Å². The van der Waals surface area contributed by atoms with Crippen molar-refractivity contribution in [2.24, 2.45) is 4.99 Å². The maximum absolute atomic E-state index is 12.3. The molecule has 0 aliphatic carbocycles. The number of aliphatic imine (C=N–C) groups is 1. The van der Waals surface area contributed by atoms with Gasteiger partial charge in [0.25, 0.3) is 5.91 Å². The number of amidine groups is 1. The maximum Gasteiger partial charge on any atom is 0.311 e. The SMILES string of the molecule is COc1ccc(N=C2NC(=O)/C(=C\c3cc([N+](=O)[O-])c(OC)cc3OC)S2)cc1. The Morgan fingerprint density at radius 3 is 2.34 bits per heavy atom. The predicted octanol–water partition coefficient (Wildman–Crippen LogP) is 3.51. The number of hydrogen-bond acceptors (Lipinski definition) is 8. The lowest BCUT2D eigenvalue weighted by molar-refractivity contribution is -0.385. The van der Waals surface area contributed by atoms with Gasteiger partial charge in [-0.2, -0.15) is 0 Å². The van der Waals surface area contributed by atoms with Crippen LogP contribution in [0.15, 0.2) is 46.3 Å². The fraction of sp³-hybridized carbons (Fsp3) is 0.158. The molecule has 0 bridgehead atoms. The Morgan fingerprint density at radius 2 is 1.76 bits per heavy atom. The van der Waals surface area contributed by atoms with Crippen molar-refractivity contribution < 1.29 is 23.9 Å². The number of nitrogens with one attached hydrogen (secondary N) is 1. The zero-order chi connectivity index (χ0) is 21.0. The number of benzene rings is 2. The molecule has 1 fully saturated rings. The number of nitro groups is 1. The number of nitro benzene ring substituents is 1. The van der Waals surface area contributed by atoms with Crippen LogP contribution in [0.4, 0.5) is 11.4 Å². The number of carbonyl (C=O) groups is 1. The fourth-order valence-corrected chi connectivity index (χ4v) is 3.39. The highest BCUT2D eigenvalue weighted by atomic mass is 32.2. The van der Waals surface area contributed by atoms with Gasteiger partial charge < -0.3 is 19.5 Å². The van der Waals surface area contributed by atoms with Crippen molar-refractivity contribution in [1.29, 1.82) is 0 Å². The molecule has 3 rings (SSSR count). The van der Waals surface area contributed by atoms with Crippen LogP contribution in [0.2, 0.25) is 0 Å². The molecule has 2 aromatic carbocycles. The molecule has 0 unspecified atom stereocenters. The number of amides is 1. The van der Waals surface area contributed by atoms with E-state index in [1.807, 2.05) is 0 Å². The van der Waals surface area contributed by atoms with E-state index in [2.05, 4.69) is 10.3 Å². The molecule has 1 N–H and O–H groups in total. The normalized spacial score (nSPS) is 16.0. The third kappa shape index (κ3) is 4.49. The van der Waals surface area contributed by atoms with Crippen molar-refractivity contribution >= 4 is 40.3 Å². The number of ether oxygens (including phenoxy) is 3. The zero-order valence-electron chi connectivity index (χ0n) is 15.8. The molecule has 0 atom stereocenters. The van der Waals surface area contributed by atoms with E-state index in [1.165, 1.54) is 32.4 Å². The van der Waals surface area contributed by atoms with Gasteiger partial charge in [-0.05, 0) is 42.1 Å². The van der Waals surface area contributed by atoms with E-state index in [0.717, 1.165) is 11.8 Å². The van der Waals surface area contributed by atoms with Crippen molar-refractivity contribution in [3.8, 4) is 17.2 Å². The number of nitrogens with zero attached hydrogens (tertiary/aromatic N) is 2. The van der Waals surface area contributed by atoms with Crippen molar-refractivity contribution in [3.63, 3.8) is 0 Å². The van der Waals surface area contributed by atoms with Gasteiger partial charge in [0, 0.05) is 17.7 Å². The predicted molar refractivity (Wildman–Crippen MR) is 110 cm³/mol. The Balaban J connectivity index is 1.92. The van der Waals surface area contributed by atoms with E-state index < -0.39 is 4.92 Å². The molecule has 10 heteroatoms. The summed E-state index contributed by atoms with van der Waals surface area (Å²) in [7, 11) is 4.34. The summed E-state index contributed by atoms with van der Waals surface area (Å²) in [5, 5.41) is 14.4. The number of carbonyl (C=O) groups excluding carboxylic acids is 1. The molecule has 1 aliphatic heterocycles.